The maximum absolute atomic E-state index is 16.9. The number of nitrogens with zero attached hydrogens (tertiary/aromatic N) is 5. The topological polar surface area (TPSA) is 92.4 Å². The van der Waals surface area contributed by atoms with E-state index in [-0.39, 0.29) is 61.3 Å². The third-order valence-electron chi connectivity index (χ3n) is 10.2. The molecule has 238 valence electrons. The Balaban J connectivity index is 1.34. The van der Waals surface area contributed by atoms with E-state index < -0.39 is 28.9 Å². The van der Waals surface area contributed by atoms with E-state index in [0.717, 1.165) is 94.1 Å². The third kappa shape index (κ3) is 4.70. The summed E-state index contributed by atoms with van der Waals surface area (Å²) in [5, 5.41) is 3.41. The molecular formula is C31H32F5N7OS. The summed E-state index contributed by atoms with van der Waals surface area (Å²) in [7, 11) is 0. The van der Waals surface area contributed by atoms with Gasteiger partial charge in [-0.05, 0) is 82.8 Å². The summed E-state index contributed by atoms with van der Waals surface area (Å²) in [5.74, 6) is -1.65. The van der Waals surface area contributed by atoms with Gasteiger partial charge in [-0.25, -0.2) is 13.8 Å². The number of aromatic nitrogens is 3. The molecule has 45 heavy (non-hydrogen) atoms. The molecule has 6 heterocycles. The van der Waals surface area contributed by atoms with E-state index >= 15 is 4.39 Å². The summed E-state index contributed by atoms with van der Waals surface area (Å²) >= 11 is 0.794. The van der Waals surface area contributed by atoms with Crippen molar-refractivity contribution in [1.82, 2.24) is 25.2 Å². The van der Waals surface area contributed by atoms with Crippen molar-refractivity contribution in [3.05, 3.63) is 35.4 Å². The normalized spacial score (nSPS) is 23.3. The number of anilines is 2. The molecule has 0 aliphatic carbocycles. The highest BCUT2D eigenvalue weighted by Gasteiger charge is 2.45. The monoisotopic (exact) mass is 645 g/mol. The number of benzene rings is 2. The first-order valence-electron chi connectivity index (χ1n) is 15.5. The van der Waals surface area contributed by atoms with Gasteiger partial charge in [-0.15, -0.1) is 0 Å². The molecule has 2 atom stereocenters. The van der Waals surface area contributed by atoms with Crippen LogP contribution in [0.4, 0.5) is 32.9 Å². The van der Waals surface area contributed by atoms with Gasteiger partial charge in [0.1, 0.15) is 23.8 Å². The molecule has 2 aromatic carbocycles. The number of ether oxygens (including phenoxy) is 1. The number of rotatable bonds is 5. The number of nitrogen functional groups attached to an aromatic ring is 1. The molecule has 4 aliphatic rings. The number of hydrogen-bond acceptors (Lipinski definition) is 9. The molecule has 4 saturated heterocycles. The van der Waals surface area contributed by atoms with Gasteiger partial charge in [-0.3, -0.25) is 4.90 Å². The highest BCUT2D eigenvalue weighted by atomic mass is 32.1. The lowest BCUT2D eigenvalue weighted by molar-refractivity contribution is -0.137. The van der Waals surface area contributed by atoms with Gasteiger partial charge in [0.25, 0.3) is 0 Å². The van der Waals surface area contributed by atoms with Crippen molar-refractivity contribution in [2.24, 2.45) is 0 Å². The number of alkyl halides is 3. The Bertz CT molecular complexity index is 1800. The van der Waals surface area contributed by atoms with E-state index in [4.69, 9.17) is 15.5 Å². The SMILES string of the molecule is Nc1nc2c(-c3c(C(F)(F)F)cc4c(N5CCC[C@H]6NCC[C@H]65)nc(OCC56CCCN5CCC6)nc4c3F)ccc(F)c2s1. The zero-order chi connectivity index (χ0) is 31.1. The predicted octanol–water partition coefficient (Wildman–Crippen LogP) is 6.12. The second-order valence-electron chi connectivity index (χ2n) is 12.6. The van der Waals surface area contributed by atoms with Gasteiger partial charge in [-0.1, -0.05) is 11.3 Å². The van der Waals surface area contributed by atoms with Crippen LogP contribution in [-0.4, -0.2) is 70.3 Å². The molecule has 0 unspecified atom stereocenters. The molecule has 0 radical (unpaired) electrons. The molecule has 4 fully saturated rings. The first-order valence-corrected chi connectivity index (χ1v) is 16.3. The quantitative estimate of drug-likeness (QED) is 0.251. The standard InChI is InChI=1S/C31H32F5N7OS/c32-19-6-5-16(25-26(19)45-28(37)39-25)22-18(31(34,35)36)14-17-24(23(22)33)40-29(44-15-30-8-2-11-42(30)12-3-9-30)41-27(17)43-13-1-4-20-21(43)7-10-38-20/h5-6,14,20-21,38H,1-4,7-13,15H2,(H2,37,39)/t20-,21-/m1/s1. The van der Waals surface area contributed by atoms with Crippen molar-refractivity contribution < 1.29 is 26.7 Å². The molecule has 0 spiro atoms. The number of fused-ring (bicyclic) bond motifs is 4. The molecule has 4 aromatic rings. The van der Waals surface area contributed by atoms with Crippen molar-refractivity contribution in [3.8, 4) is 17.1 Å². The van der Waals surface area contributed by atoms with Crippen LogP contribution in [0.1, 0.15) is 50.5 Å². The average Bonchev–Trinajstić information content (AvgIpc) is 3.79. The molecule has 8 nitrogen and oxygen atoms in total. The zero-order valence-electron chi connectivity index (χ0n) is 24.4. The molecule has 8 rings (SSSR count). The molecular weight excluding hydrogens is 613 g/mol. The number of halogens is 5. The van der Waals surface area contributed by atoms with Gasteiger partial charge in [0, 0.05) is 35.1 Å². The predicted molar refractivity (Wildman–Crippen MR) is 163 cm³/mol. The highest BCUT2D eigenvalue weighted by Crippen LogP contribution is 2.47. The Morgan fingerprint density at radius 3 is 2.60 bits per heavy atom. The van der Waals surface area contributed by atoms with E-state index in [0.29, 0.717) is 13.2 Å². The third-order valence-corrected chi connectivity index (χ3v) is 11.0. The lowest BCUT2D eigenvalue weighted by Crippen LogP contribution is -2.49. The van der Waals surface area contributed by atoms with Gasteiger partial charge in [-0.2, -0.15) is 23.1 Å². The molecule has 2 aromatic heterocycles. The van der Waals surface area contributed by atoms with Crippen LogP contribution in [-0.2, 0) is 6.18 Å². The fourth-order valence-electron chi connectivity index (χ4n) is 8.15. The second kappa shape index (κ2) is 10.6. The maximum atomic E-state index is 16.9. The van der Waals surface area contributed by atoms with Crippen LogP contribution in [0.3, 0.4) is 0 Å². The minimum Gasteiger partial charge on any atom is -0.461 e. The molecule has 0 bridgehead atoms. The largest absolute Gasteiger partial charge is 0.461 e. The Labute approximate surface area is 259 Å². The number of nitrogens with one attached hydrogen (secondary N) is 1. The van der Waals surface area contributed by atoms with Crippen LogP contribution < -0.4 is 20.7 Å². The minimum absolute atomic E-state index is 0.00442. The maximum Gasteiger partial charge on any atom is 0.417 e. The molecule has 4 aliphatic heterocycles. The zero-order valence-corrected chi connectivity index (χ0v) is 25.2. The lowest BCUT2D eigenvalue weighted by Gasteiger charge is -2.39. The first kappa shape index (κ1) is 29.1. The fourth-order valence-corrected chi connectivity index (χ4v) is 8.91. The van der Waals surface area contributed by atoms with E-state index in [1.54, 1.807) is 0 Å². The summed E-state index contributed by atoms with van der Waals surface area (Å²) in [6.07, 6.45) is 1.64. The Kier molecular flexibility index (Phi) is 6.84. The highest BCUT2D eigenvalue weighted by molar-refractivity contribution is 7.22. The molecule has 0 amide bonds. The number of hydrogen-bond donors (Lipinski definition) is 2. The van der Waals surface area contributed by atoms with Crippen molar-refractivity contribution in [2.45, 2.75) is 68.7 Å². The molecule has 14 heteroatoms. The fraction of sp³-hybridized carbons (Fsp3) is 0.516. The van der Waals surface area contributed by atoms with Crippen LogP contribution in [0.15, 0.2) is 18.2 Å². The van der Waals surface area contributed by atoms with Crippen LogP contribution in [0.2, 0.25) is 0 Å². The minimum atomic E-state index is -4.95. The van der Waals surface area contributed by atoms with Gasteiger partial charge in [0.05, 0.1) is 21.3 Å². The van der Waals surface area contributed by atoms with E-state index in [1.165, 1.54) is 0 Å². The van der Waals surface area contributed by atoms with Crippen molar-refractivity contribution in [3.63, 3.8) is 0 Å². The smallest absolute Gasteiger partial charge is 0.417 e. The Morgan fingerprint density at radius 1 is 1.02 bits per heavy atom. The molecule has 0 saturated carbocycles. The number of thiazole rings is 1. The van der Waals surface area contributed by atoms with Crippen molar-refractivity contribution >= 4 is 43.4 Å². The van der Waals surface area contributed by atoms with E-state index in [2.05, 4.69) is 20.2 Å². The van der Waals surface area contributed by atoms with Crippen LogP contribution in [0, 0.1) is 11.6 Å². The second-order valence-corrected chi connectivity index (χ2v) is 13.7. The summed E-state index contributed by atoms with van der Waals surface area (Å²) < 4.78 is 82.3. The summed E-state index contributed by atoms with van der Waals surface area (Å²) in [4.78, 5) is 17.7. The van der Waals surface area contributed by atoms with Gasteiger partial charge >= 0.3 is 12.2 Å². The lowest BCUT2D eigenvalue weighted by atomic mass is 9.94. The number of nitrogens with two attached hydrogens (primary N) is 1. The Hall–Kier alpha value is -3.36. The van der Waals surface area contributed by atoms with Gasteiger partial charge in [0.15, 0.2) is 10.9 Å². The summed E-state index contributed by atoms with van der Waals surface area (Å²) in [6.45, 7) is 3.64. The van der Waals surface area contributed by atoms with Crippen molar-refractivity contribution in [1.29, 1.82) is 0 Å². The molecule has 3 N–H and O–H groups in total. The summed E-state index contributed by atoms with van der Waals surface area (Å²) in [6, 6.07) is 3.14. The number of piperidine rings is 1. The van der Waals surface area contributed by atoms with Crippen LogP contribution in [0.25, 0.3) is 32.2 Å². The van der Waals surface area contributed by atoms with Gasteiger partial charge < -0.3 is 20.7 Å². The van der Waals surface area contributed by atoms with Gasteiger partial charge in [0.2, 0.25) is 0 Å². The average molecular weight is 646 g/mol. The van der Waals surface area contributed by atoms with E-state index in [9.17, 15) is 17.6 Å². The van der Waals surface area contributed by atoms with Crippen molar-refractivity contribution in [2.75, 3.05) is 43.4 Å². The van der Waals surface area contributed by atoms with Crippen LogP contribution in [0.5, 0.6) is 6.01 Å². The Morgan fingerprint density at radius 2 is 1.82 bits per heavy atom. The van der Waals surface area contributed by atoms with Crippen LogP contribution >= 0.6 is 11.3 Å². The van der Waals surface area contributed by atoms with E-state index in [1.807, 2.05) is 4.90 Å². The summed E-state index contributed by atoms with van der Waals surface area (Å²) in [5.41, 5.74) is 3.09. The first-order chi connectivity index (χ1) is 21.6.